The first-order chi connectivity index (χ1) is 11.0. The molecule has 2 aromatic rings. The molecular weight excluding hydrogens is 316 g/mol. The van der Waals surface area contributed by atoms with E-state index in [1.165, 1.54) is 16.7 Å². The smallest absolute Gasteiger partial charge is 0.264 e. The summed E-state index contributed by atoms with van der Waals surface area (Å²) in [5.41, 5.74) is 1.14. The topological polar surface area (TPSA) is 88.2 Å². The molecule has 3 rings (SSSR count). The quantitative estimate of drug-likeness (QED) is 0.679. The molecule has 0 bridgehead atoms. The Kier molecular flexibility index (Phi) is 4.08. The fourth-order valence-corrected chi connectivity index (χ4v) is 3.09. The number of aryl methyl sites for hydroxylation is 1. The van der Waals surface area contributed by atoms with Crippen molar-refractivity contribution in [2.45, 2.75) is 24.3 Å². The van der Waals surface area contributed by atoms with Crippen LogP contribution in [0.4, 0.5) is 5.69 Å². The predicted octanol–water partition coefficient (Wildman–Crippen LogP) is 1.83. The Morgan fingerprint density at radius 3 is 2.96 bits per heavy atom. The van der Waals surface area contributed by atoms with Crippen LogP contribution in [0.1, 0.15) is 23.1 Å². The van der Waals surface area contributed by atoms with Gasteiger partial charge in [-0.2, -0.15) is 0 Å². The third kappa shape index (κ3) is 3.07. The first-order valence-corrected chi connectivity index (χ1v) is 7.97. The summed E-state index contributed by atoms with van der Waals surface area (Å²) in [7, 11) is 1.67. The number of ketones is 1. The highest BCUT2D eigenvalue weighted by molar-refractivity contribution is 8.00. The van der Waals surface area contributed by atoms with Crippen molar-refractivity contribution in [3.05, 3.63) is 29.6 Å². The molecule has 0 radical (unpaired) electrons. The minimum Gasteiger partial charge on any atom is -0.482 e. The third-order valence-corrected chi connectivity index (χ3v) is 4.52. The molecule has 1 aliphatic heterocycles. The van der Waals surface area contributed by atoms with Crippen molar-refractivity contribution in [2.75, 3.05) is 18.6 Å². The molecule has 120 valence electrons. The standard InChI is InChI=1S/C15H16N4O3S/c1-8(23-15-16-9(2)17-18-15)14(21)10-4-5-12-11(6-10)19(3)13(20)7-22-12/h4-6,8H,7H2,1-3H3,(H,16,17,18). The number of aromatic amines is 1. The van der Waals surface area contributed by atoms with E-state index in [1.807, 2.05) is 6.92 Å². The summed E-state index contributed by atoms with van der Waals surface area (Å²) < 4.78 is 5.37. The van der Waals surface area contributed by atoms with Crippen molar-refractivity contribution in [1.82, 2.24) is 15.2 Å². The molecule has 1 aromatic heterocycles. The van der Waals surface area contributed by atoms with Crippen molar-refractivity contribution in [3.63, 3.8) is 0 Å². The normalized spacial score (nSPS) is 15.1. The van der Waals surface area contributed by atoms with Crippen LogP contribution >= 0.6 is 11.8 Å². The number of hydrogen-bond acceptors (Lipinski definition) is 6. The largest absolute Gasteiger partial charge is 0.482 e. The number of rotatable bonds is 4. The van der Waals surface area contributed by atoms with E-state index in [0.29, 0.717) is 28.0 Å². The van der Waals surface area contributed by atoms with Crippen LogP contribution in [0.25, 0.3) is 0 Å². The Morgan fingerprint density at radius 2 is 2.26 bits per heavy atom. The van der Waals surface area contributed by atoms with Crippen molar-refractivity contribution >= 4 is 29.1 Å². The van der Waals surface area contributed by atoms with E-state index >= 15 is 0 Å². The number of carbonyl (C=O) groups excluding carboxylic acids is 2. The summed E-state index contributed by atoms with van der Waals surface area (Å²) in [6, 6.07) is 5.12. The number of Topliss-reactive ketones (excluding diaryl/α,β-unsaturated/α-hetero) is 1. The Labute approximate surface area is 137 Å². The zero-order valence-corrected chi connectivity index (χ0v) is 13.8. The lowest BCUT2D eigenvalue weighted by atomic mass is 10.1. The van der Waals surface area contributed by atoms with Crippen molar-refractivity contribution in [1.29, 1.82) is 0 Å². The van der Waals surface area contributed by atoms with Crippen LogP contribution in [-0.2, 0) is 4.79 Å². The van der Waals surface area contributed by atoms with Crippen LogP contribution in [-0.4, -0.2) is 45.8 Å². The number of anilines is 1. The van der Waals surface area contributed by atoms with Crippen LogP contribution < -0.4 is 9.64 Å². The van der Waals surface area contributed by atoms with Crippen molar-refractivity contribution < 1.29 is 14.3 Å². The molecule has 0 aliphatic carbocycles. The van der Waals surface area contributed by atoms with Crippen molar-refractivity contribution in [2.24, 2.45) is 0 Å². The van der Waals surface area contributed by atoms with Crippen LogP contribution in [0.2, 0.25) is 0 Å². The first-order valence-electron chi connectivity index (χ1n) is 7.09. The Hall–Kier alpha value is -2.35. The number of nitrogens with zero attached hydrogens (tertiary/aromatic N) is 3. The molecule has 0 saturated heterocycles. The number of thioether (sulfide) groups is 1. The van der Waals surface area contributed by atoms with E-state index in [-0.39, 0.29) is 23.5 Å². The molecule has 1 amide bonds. The molecule has 1 aliphatic rings. The second-order valence-electron chi connectivity index (χ2n) is 5.25. The predicted molar refractivity (Wildman–Crippen MR) is 86.1 cm³/mol. The summed E-state index contributed by atoms with van der Waals surface area (Å²) in [4.78, 5) is 30.0. The second-order valence-corrected chi connectivity index (χ2v) is 6.56. The Balaban J connectivity index is 1.81. The summed E-state index contributed by atoms with van der Waals surface area (Å²) >= 11 is 1.29. The van der Waals surface area contributed by atoms with E-state index < -0.39 is 0 Å². The molecule has 0 fully saturated rings. The van der Waals surface area contributed by atoms with Gasteiger partial charge >= 0.3 is 0 Å². The zero-order valence-electron chi connectivity index (χ0n) is 13.0. The highest BCUT2D eigenvalue weighted by atomic mass is 32.2. The average Bonchev–Trinajstić information content (AvgIpc) is 2.95. The lowest BCUT2D eigenvalue weighted by Crippen LogP contribution is -2.35. The SMILES string of the molecule is Cc1nc(SC(C)C(=O)c2ccc3c(c2)N(C)C(=O)CO3)n[nH]1. The van der Waals surface area contributed by atoms with Crippen LogP contribution in [0.5, 0.6) is 5.75 Å². The lowest BCUT2D eigenvalue weighted by molar-refractivity contribution is -0.120. The number of fused-ring (bicyclic) bond motifs is 1. The lowest BCUT2D eigenvalue weighted by Gasteiger charge is -2.26. The number of carbonyl (C=O) groups is 2. The van der Waals surface area contributed by atoms with Gasteiger partial charge in [-0.25, -0.2) is 4.98 Å². The number of nitrogens with one attached hydrogen (secondary N) is 1. The van der Waals surface area contributed by atoms with Gasteiger partial charge in [-0.1, -0.05) is 11.8 Å². The maximum atomic E-state index is 12.6. The Morgan fingerprint density at radius 1 is 1.48 bits per heavy atom. The summed E-state index contributed by atoms with van der Waals surface area (Å²) in [6.07, 6.45) is 0. The molecule has 23 heavy (non-hydrogen) atoms. The van der Waals surface area contributed by atoms with Crippen LogP contribution in [0.15, 0.2) is 23.4 Å². The number of benzene rings is 1. The summed E-state index contributed by atoms with van der Waals surface area (Å²) in [5.74, 6) is 1.12. The van der Waals surface area contributed by atoms with Crippen molar-refractivity contribution in [3.8, 4) is 5.75 Å². The van der Waals surface area contributed by atoms with Gasteiger partial charge in [0.25, 0.3) is 5.91 Å². The van der Waals surface area contributed by atoms with Crippen LogP contribution in [0.3, 0.4) is 0 Å². The maximum absolute atomic E-state index is 12.6. The van der Waals surface area contributed by atoms with Gasteiger partial charge in [0.2, 0.25) is 5.16 Å². The van der Waals surface area contributed by atoms with E-state index in [9.17, 15) is 9.59 Å². The molecule has 8 heteroatoms. The highest BCUT2D eigenvalue weighted by Crippen LogP contribution is 2.33. The molecule has 1 atom stereocenters. The monoisotopic (exact) mass is 332 g/mol. The number of ether oxygens (including phenoxy) is 1. The second kappa shape index (κ2) is 6.04. The van der Waals surface area contributed by atoms with Crippen LogP contribution in [0, 0.1) is 6.92 Å². The molecule has 0 spiro atoms. The minimum absolute atomic E-state index is 0.0211. The fraction of sp³-hybridized carbons (Fsp3) is 0.333. The molecular formula is C15H16N4O3S. The molecule has 0 saturated carbocycles. The van der Waals surface area contributed by atoms with Gasteiger partial charge in [-0.3, -0.25) is 14.7 Å². The molecule has 1 N–H and O–H groups in total. The molecule has 7 nitrogen and oxygen atoms in total. The average molecular weight is 332 g/mol. The van der Waals surface area contributed by atoms with Gasteiger partial charge in [-0.15, -0.1) is 5.10 Å². The zero-order chi connectivity index (χ0) is 16.6. The van der Waals surface area contributed by atoms with E-state index in [0.717, 1.165) is 0 Å². The Bertz CT molecular complexity index is 774. The summed E-state index contributed by atoms with van der Waals surface area (Å²) in [5, 5.41) is 6.98. The highest BCUT2D eigenvalue weighted by Gasteiger charge is 2.25. The van der Waals surface area contributed by atoms with E-state index in [1.54, 1.807) is 32.2 Å². The third-order valence-electron chi connectivity index (χ3n) is 3.56. The molecule has 1 aromatic carbocycles. The van der Waals surface area contributed by atoms with Gasteiger partial charge in [0.15, 0.2) is 12.4 Å². The van der Waals surface area contributed by atoms with E-state index in [4.69, 9.17) is 4.74 Å². The number of likely N-dealkylation sites (N-methyl/N-ethyl adjacent to an activating group) is 1. The molecule has 1 unspecified atom stereocenters. The minimum atomic E-state index is -0.339. The summed E-state index contributed by atoms with van der Waals surface area (Å²) in [6.45, 7) is 3.64. The number of aromatic nitrogens is 3. The van der Waals surface area contributed by atoms with Gasteiger partial charge in [-0.05, 0) is 32.0 Å². The van der Waals surface area contributed by atoms with Gasteiger partial charge < -0.3 is 9.64 Å². The number of hydrogen-bond donors (Lipinski definition) is 1. The van der Waals surface area contributed by atoms with Gasteiger partial charge in [0.1, 0.15) is 11.6 Å². The maximum Gasteiger partial charge on any atom is 0.264 e. The number of H-pyrrole nitrogens is 1. The number of amides is 1. The van der Waals surface area contributed by atoms with Gasteiger partial charge in [0.05, 0.1) is 10.9 Å². The fourth-order valence-electron chi connectivity index (χ4n) is 2.25. The van der Waals surface area contributed by atoms with Gasteiger partial charge in [0, 0.05) is 12.6 Å². The van der Waals surface area contributed by atoms with E-state index in [2.05, 4.69) is 15.2 Å². The molecule has 2 heterocycles. The first kappa shape index (κ1) is 15.5.